The van der Waals surface area contributed by atoms with E-state index in [1.807, 2.05) is 32.9 Å². The van der Waals surface area contributed by atoms with Crippen LogP contribution in [0.2, 0.25) is 5.02 Å². The van der Waals surface area contributed by atoms with Gasteiger partial charge in [-0.15, -0.1) is 0 Å². The van der Waals surface area contributed by atoms with E-state index in [1.54, 1.807) is 31.2 Å². The van der Waals surface area contributed by atoms with E-state index in [2.05, 4.69) is 15.6 Å². The van der Waals surface area contributed by atoms with Crippen LogP contribution in [-0.2, 0) is 4.79 Å². The van der Waals surface area contributed by atoms with Gasteiger partial charge in [0.15, 0.2) is 23.3 Å². The van der Waals surface area contributed by atoms with Crippen LogP contribution >= 0.6 is 11.6 Å². The van der Waals surface area contributed by atoms with Crippen LogP contribution in [0.3, 0.4) is 0 Å². The molecule has 0 spiro atoms. The average Bonchev–Trinajstić information content (AvgIpc) is 3.27. The molecule has 0 saturated heterocycles. The number of aromatic nitrogens is 2. The third kappa shape index (κ3) is 6.38. The molecular weight excluding hydrogens is 446 g/mol. The zero-order valence-electron chi connectivity index (χ0n) is 19.2. The quantitative estimate of drug-likeness (QED) is 0.382. The van der Waals surface area contributed by atoms with Gasteiger partial charge in [0.05, 0.1) is 13.2 Å². The molecule has 0 unspecified atom stereocenters. The van der Waals surface area contributed by atoms with E-state index in [0.29, 0.717) is 46.7 Å². The fourth-order valence-corrected chi connectivity index (χ4v) is 3.06. The van der Waals surface area contributed by atoms with Gasteiger partial charge >= 0.3 is 0 Å². The molecule has 33 heavy (non-hydrogen) atoms. The smallest absolute Gasteiger partial charge is 0.266 e. The van der Waals surface area contributed by atoms with E-state index in [1.165, 1.54) is 0 Å². The van der Waals surface area contributed by atoms with Gasteiger partial charge in [-0.3, -0.25) is 4.79 Å². The maximum atomic E-state index is 12.7. The van der Waals surface area contributed by atoms with Crippen molar-refractivity contribution in [2.45, 2.75) is 46.6 Å². The summed E-state index contributed by atoms with van der Waals surface area (Å²) in [5.41, 5.74) is 1.90. The molecule has 9 heteroatoms. The van der Waals surface area contributed by atoms with Crippen LogP contribution in [0.4, 0.5) is 5.82 Å². The number of nitrogens with zero attached hydrogens (tertiary/aromatic N) is 2. The number of ether oxygens (including phenoxy) is 3. The zero-order valence-corrected chi connectivity index (χ0v) is 19.9. The zero-order chi connectivity index (χ0) is 23.8. The number of benzene rings is 2. The summed E-state index contributed by atoms with van der Waals surface area (Å²) in [5.74, 6) is 1.57. The van der Waals surface area contributed by atoms with Gasteiger partial charge in [-0.25, -0.2) is 4.63 Å². The van der Waals surface area contributed by atoms with E-state index < -0.39 is 12.0 Å². The van der Waals surface area contributed by atoms with Gasteiger partial charge in [0.2, 0.25) is 5.82 Å². The van der Waals surface area contributed by atoms with Gasteiger partial charge in [0, 0.05) is 10.6 Å². The third-order valence-corrected chi connectivity index (χ3v) is 5.11. The maximum absolute atomic E-state index is 12.7. The molecular formula is C24H28ClN3O5. The Morgan fingerprint density at radius 1 is 1.06 bits per heavy atom. The van der Waals surface area contributed by atoms with Crippen molar-refractivity contribution < 1.29 is 23.6 Å². The van der Waals surface area contributed by atoms with Crippen molar-refractivity contribution in [2.24, 2.45) is 0 Å². The summed E-state index contributed by atoms with van der Waals surface area (Å²) in [6, 6.07) is 10.6. The first-order valence-electron chi connectivity index (χ1n) is 10.9. The fraction of sp³-hybridized carbons (Fsp3) is 0.375. The number of halogens is 1. The molecule has 8 nitrogen and oxygen atoms in total. The monoisotopic (exact) mass is 473 g/mol. The molecule has 3 aromatic rings. The van der Waals surface area contributed by atoms with Crippen LogP contribution in [0.25, 0.3) is 11.3 Å². The summed E-state index contributed by atoms with van der Waals surface area (Å²) < 4.78 is 22.3. The lowest BCUT2D eigenvalue weighted by Crippen LogP contribution is -2.30. The number of carbonyl (C=O) groups is 1. The lowest BCUT2D eigenvalue weighted by molar-refractivity contribution is -0.122. The number of nitrogens with one attached hydrogen (secondary N) is 1. The second-order valence-corrected chi connectivity index (χ2v) is 7.89. The Morgan fingerprint density at radius 2 is 1.79 bits per heavy atom. The van der Waals surface area contributed by atoms with Crippen LogP contribution in [0.1, 0.15) is 39.2 Å². The van der Waals surface area contributed by atoms with Crippen molar-refractivity contribution >= 4 is 23.3 Å². The number of amides is 1. The summed E-state index contributed by atoms with van der Waals surface area (Å²) in [6.07, 6.45) is 0.951. The molecule has 176 valence electrons. The van der Waals surface area contributed by atoms with Crippen molar-refractivity contribution in [3.05, 3.63) is 47.0 Å². The van der Waals surface area contributed by atoms with Crippen molar-refractivity contribution in [2.75, 3.05) is 18.5 Å². The van der Waals surface area contributed by atoms with E-state index in [0.717, 1.165) is 18.4 Å². The van der Waals surface area contributed by atoms with Crippen LogP contribution in [0.5, 0.6) is 17.2 Å². The molecule has 0 aliphatic rings. The van der Waals surface area contributed by atoms with E-state index in [4.69, 9.17) is 30.4 Å². The van der Waals surface area contributed by atoms with E-state index in [9.17, 15) is 4.79 Å². The van der Waals surface area contributed by atoms with Gasteiger partial charge in [-0.1, -0.05) is 25.4 Å². The summed E-state index contributed by atoms with van der Waals surface area (Å²) in [6.45, 7) is 8.70. The van der Waals surface area contributed by atoms with Crippen molar-refractivity contribution in [1.29, 1.82) is 0 Å². The molecule has 0 bridgehead atoms. The van der Waals surface area contributed by atoms with Crippen molar-refractivity contribution in [3.63, 3.8) is 0 Å². The molecule has 1 heterocycles. The van der Waals surface area contributed by atoms with Crippen LogP contribution < -0.4 is 19.5 Å². The highest BCUT2D eigenvalue weighted by molar-refractivity contribution is 6.31. The summed E-state index contributed by atoms with van der Waals surface area (Å²) >= 11 is 6.05. The first kappa shape index (κ1) is 24.4. The van der Waals surface area contributed by atoms with Crippen LogP contribution in [0.15, 0.2) is 41.0 Å². The topological polar surface area (TPSA) is 95.7 Å². The highest BCUT2D eigenvalue weighted by Crippen LogP contribution is 2.34. The second-order valence-electron chi connectivity index (χ2n) is 7.48. The van der Waals surface area contributed by atoms with Gasteiger partial charge in [0.1, 0.15) is 5.75 Å². The number of hydrogen-bond donors (Lipinski definition) is 1. The molecule has 1 atom stereocenters. The normalized spacial score (nSPS) is 11.7. The number of carbonyl (C=O) groups excluding carboxylic acids is 1. The molecule has 2 aromatic carbocycles. The molecule has 0 aliphatic carbocycles. The van der Waals surface area contributed by atoms with Gasteiger partial charge in [-0.05, 0) is 79.0 Å². The fourth-order valence-electron chi connectivity index (χ4n) is 2.94. The lowest BCUT2D eigenvalue weighted by atomic mass is 10.1. The standard InChI is InChI=1S/C24H28ClN3O5/c1-5-11-30-20-10-7-17(14-21(20)31-12-6-2)22-23(28-33-27-22)26-24(29)16(4)32-18-8-9-19(25)15(3)13-18/h7-10,13-14,16H,5-6,11-12H2,1-4H3,(H,26,28,29)/t16-/m0/s1. The van der Waals surface area contributed by atoms with Gasteiger partial charge in [0.25, 0.3) is 5.91 Å². The number of aryl methyl sites for hydroxylation is 1. The number of hydrogen-bond acceptors (Lipinski definition) is 7. The maximum Gasteiger partial charge on any atom is 0.266 e. The van der Waals surface area contributed by atoms with E-state index >= 15 is 0 Å². The number of anilines is 1. The molecule has 1 aromatic heterocycles. The molecule has 0 fully saturated rings. The lowest BCUT2D eigenvalue weighted by Gasteiger charge is -2.15. The predicted octanol–water partition coefficient (Wildman–Crippen LogP) is 5.68. The Bertz CT molecular complexity index is 1090. The minimum Gasteiger partial charge on any atom is -0.490 e. The van der Waals surface area contributed by atoms with Crippen LogP contribution in [0, 0.1) is 6.92 Å². The molecule has 1 amide bonds. The largest absolute Gasteiger partial charge is 0.490 e. The SMILES string of the molecule is CCCOc1ccc(-c2nonc2NC(=O)[C@H](C)Oc2ccc(Cl)c(C)c2)cc1OCCC. The van der Waals surface area contributed by atoms with E-state index in [-0.39, 0.29) is 5.82 Å². The molecule has 0 saturated carbocycles. The Labute approximate surface area is 198 Å². The highest BCUT2D eigenvalue weighted by atomic mass is 35.5. The average molecular weight is 474 g/mol. The Hall–Kier alpha value is -3.26. The minimum absolute atomic E-state index is 0.186. The predicted molar refractivity (Wildman–Crippen MR) is 126 cm³/mol. The highest BCUT2D eigenvalue weighted by Gasteiger charge is 2.21. The first-order chi connectivity index (χ1) is 15.9. The Kier molecular flexibility index (Phi) is 8.54. The first-order valence-corrected chi connectivity index (χ1v) is 11.3. The molecule has 0 aliphatic heterocycles. The Balaban J connectivity index is 1.75. The summed E-state index contributed by atoms with van der Waals surface area (Å²) in [5, 5.41) is 11.2. The Morgan fingerprint density at radius 3 is 2.48 bits per heavy atom. The van der Waals surface area contributed by atoms with Gasteiger partial charge in [-0.2, -0.15) is 0 Å². The van der Waals surface area contributed by atoms with Crippen molar-refractivity contribution in [1.82, 2.24) is 10.3 Å². The second kappa shape index (κ2) is 11.6. The minimum atomic E-state index is -0.789. The molecule has 0 radical (unpaired) electrons. The van der Waals surface area contributed by atoms with Crippen molar-refractivity contribution in [3.8, 4) is 28.5 Å². The van der Waals surface area contributed by atoms with Crippen LogP contribution in [-0.4, -0.2) is 35.5 Å². The van der Waals surface area contributed by atoms with Gasteiger partial charge < -0.3 is 19.5 Å². The summed E-state index contributed by atoms with van der Waals surface area (Å²) in [4.78, 5) is 12.7. The third-order valence-electron chi connectivity index (χ3n) is 4.68. The molecule has 3 rings (SSSR count). The summed E-state index contributed by atoms with van der Waals surface area (Å²) in [7, 11) is 0. The molecule has 1 N–H and O–H groups in total. The number of rotatable bonds is 11.